The van der Waals surface area contributed by atoms with Crippen LogP contribution in [-0.2, 0) is 19.5 Å². The summed E-state index contributed by atoms with van der Waals surface area (Å²) in [6.45, 7) is 3.20. The van der Waals surface area contributed by atoms with E-state index in [-0.39, 0.29) is 5.56 Å². The monoisotopic (exact) mass is 329 g/mol. The summed E-state index contributed by atoms with van der Waals surface area (Å²) in [5.74, 6) is 0.682. The minimum Gasteiger partial charge on any atom is -0.305 e. The molecule has 4 heterocycles. The van der Waals surface area contributed by atoms with Crippen LogP contribution in [0.25, 0.3) is 0 Å². The number of thiazole rings is 1. The Hall–Kier alpha value is -1.86. The maximum atomic E-state index is 12.5. The molecule has 23 heavy (non-hydrogen) atoms. The van der Waals surface area contributed by atoms with Crippen molar-refractivity contribution >= 4 is 17.0 Å². The quantitative estimate of drug-likeness (QED) is 0.931. The van der Waals surface area contributed by atoms with Gasteiger partial charge in [0.25, 0.3) is 5.56 Å². The number of fused-ring (bicyclic) bond motifs is 1. The Morgan fingerprint density at radius 2 is 2.26 bits per heavy atom. The first-order valence-corrected chi connectivity index (χ1v) is 8.94. The largest absolute Gasteiger partial charge is 0.305 e. The fourth-order valence-corrected chi connectivity index (χ4v) is 3.82. The number of nitrogens with zero attached hydrogens (tertiary/aromatic N) is 4. The summed E-state index contributed by atoms with van der Waals surface area (Å²) in [7, 11) is 0. The molecular weight excluding hydrogens is 310 g/mol. The van der Waals surface area contributed by atoms with E-state index < -0.39 is 0 Å². The van der Waals surface area contributed by atoms with Crippen molar-refractivity contribution in [2.75, 3.05) is 13.1 Å². The summed E-state index contributed by atoms with van der Waals surface area (Å²) in [5.41, 5.74) is 2.68. The molecule has 1 N–H and O–H groups in total. The van der Waals surface area contributed by atoms with Crippen LogP contribution in [0.5, 0.6) is 0 Å². The number of aromatic nitrogens is 3. The molecule has 0 fully saturated rings. The van der Waals surface area contributed by atoms with Crippen molar-refractivity contribution in [2.24, 2.45) is 4.99 Å². The maximum absolute atomic E-state index is 12.5. The molecule has 7 heteroatoms. The molecule has 120 valence electrons. The van der Waals surface area contributed by atoms with E-state index in [1.54, 1.807) is 11.3 Å². The number of hydrogen-bond acceptors (Lipinski definition) is 6. The first-order valence-electron chi connectivity index (χ1n) is 8.06. The smallest absolute Gasteiger partial charge is 0.255 e. The first-order chi connectivity index (χ1) is 11.3. The van der Waals surface area contributed by atoms with Crippen LogP contribution >= 0.6 is 11.3 Å². The lowest BCUT2D eigenvalue weighted by molar-refractivity contribution is 0.241. The molecule has 0 aromatic carbocycles. The van der Waals surface area contributed by atoms with Crippen LogP contribution in [0.3, 0.4) is 0 Å². The molecule has 2 aromatic heterocycles. The van der Waals surface area contributed by atoms with Crippen LogP contribution in [0.1, 0.15) is 41.4 Å². The molecule has 0 saturated heterocycles. The van der Waals surface area contributed by atoms with E-state index in [0.29, 0.717) is 12.4 Å². The van der Waals surface area contributed by atoms with Gasteiger partial charge in [0.15, 0.2) is 5.82 Å². The van der Waals surface area contributed by atoms with E-state index in [1.807, 2.05) is 11.6 Å². The van der Waals surface area contributed by atoms with Crippen LogP contribution in [0.15, 0.2) is 21.4 Å². The van der Waals surface area contributed by atoms with Gasteiger partial charge in [0, 0.05) is 37.6 Å². The molecule has 0 spiro atoms. The molecule has 0 radical (unpaired) electrons. The lowest BCUT2D eigenvalue weighted by Crippen LogP contribution is -2.36. The third-order valence-corrected chi connectivity index (χ3v) is 5.15. The highest BCUT2D eigenvalue weighted by atomic mass is 32.1. The Morgan fingerprint density at radius 1 is 1.30 bits per heavy atom. The molecule has 0 unspecified atom stereocenters. The second-order valence-corrected chi connectivity index (χ2v) is 6.99. The van der Waals surface area contributed by atoms with Crippen LogP contribution in [0.4, 0.5) is 0 Å². The van der Waals surface area contributed by atoms with Gasteiger partial charge in [0.1, 0.15) is 5.01 Å². The lowest BCUT2D eigenvalue weighted by Gasteiger charge is -2.27. The van der Waals surface area contributed by atoms with Crippen molar-refractivity contribution in [2.45, 2.75) is 38.8 Å². The zero-order valence-electron chi connectivity index (χ0n) is 12.9. The summed E-state index contributed by atoms with van der Waals surface area (Å²) in [5, 5.41) is 3.07. The molecule has 6 nitrogen and oxygen atoms in total. The first kappa shape index (κ1) is 14.7. The summed E-state index contributed by atoms with van der Waals surface area (Å²) in [6, 6.07) is 0. The highest BCUT2D eigenvalue weighted by Crippen LogP contribution is 2.18. The fourth-order valence-electron chi connectivity index (χ4n) is 3.17. The van der Waals surface area contributed by atoms with Gasteiger partial charge in [-0.05, 0) is 19.3 Å². The fraction of sp³-hybridized carbons (Fsp3) is 0.500. The molecule has 2 aromatic rings. The predicted octanol–water partition coefficient (Wildman–Crippen LogP) is 1.76. The van der Waals surface area contributed by atoms with Gasteiger partial charge in [-0.1, -0.05) is 0 Å². The Labute approximate surface area is 138 Å². The molecular formula is C16H19N5OS. The summed E-state index contributed by atoms with van der Waals surface area (Å²) >= 11 is 1.65. The maximum Gasteiger partial charge on any atom is 0.255 e. The van der Waals surface area contributed by atoms with Gasteiger partial charge in [-0.2, -0.15) is 0 Å². The number of aliphatic imine (C=N–C) groups is 1. The highest BCUT2D eigenvalue weighted by molar-refractivity contribution is 7.09. The van der Waals surface area contributed by atoms with Crippen LogP contribution in [0, 0.1) is 0 Å². The van der Waals surface area contributed by atoms with Gasteiger partial charge >= 0.3 is 0 Å². The second kappa shape index (κ2) is 6.33. The Balaban J connectivity index is 1.58. The van der Waals surface area contributed by atoms with E-state index >= 15 is 0 Å². The van der Waals surface area contributed by atoms with Gasteiger partial charge in [0.2, 0.25) is 0 Å². The zero-order chi connectivity index (χ0) is 15.6. The van der Waals surface area contributed by atoms with Gasteiger partial charge in [-0.15, -0.1) is 11.3 Å². The van der Waals surface area contributed by atoms with E-state index in [2.05, 4.69) is 19.9 Å². The molecule has 0 aliphatic carbocycles. The topological polar surface area (TPSA) is 74.2 Å². The van der Waals surface area contributed by atoms with Crippen LogP contribution in [-0.4, -0.2) is 38.7 Å². The Morgan fingerprint density at radius 3 is 3.04 bits per heavy atom. The van der Waals surface area contributed by atoms with Gasteiger partial charge < -0.3 is 4.98 Å². The van der Waals surface area contributed by atoms with Crippen LogP contribution < -0.4 is 5.56 Å². The van der Waals surface area contributed by atoms with Crippen molar-refractivity contribution in [3.8, 4) is 0 Å². The molecule has 0 saturated carbocycles. The van der Waals surface area contributed by atoms with E-state index in [4.69, 9.17) is 4.98 Å². The number of aromatic amines is 1. The average Bonchev–Trinajstić information content (AvgIpc) is 3.09. The van der Waals surface area contributed by atoms with Crippen molar-refractivity contribution in [3.63, 3.8) is 0 Å². The Bertz CT molecular complexity index is 780. The Kier molecular flexibility index (Phi) is 4.05. The van der Waals surface area contributed by atoms with Gasteiger partial charge in [0.05, 0.1) is 23.5 Å². The van der Waals surface area contributed by atoms with Crippen molar-refractivity contribution in [1.82, 2.24) is 19.9 Å². The highest BCUT2D eigenvalue weighted by Gasteiger charge is 2.23. The molecule has 0 amide bonds. The van der Waals surface area contributed by atoms with Crippen molar-refractivity contribution in [3.05, 3.63) is 44.0 Å². The zero-order valence-corrected chi connectivity index (χ0v) is 13.7. The van der Waals surface area contributed by atoms with Crippen molar-refractivity contribution in [1.29, 1.82) is 0 Å². The third-order valence-electron chi connectivity index (χ3n) is 4.39. The molecule has 2 aliphatic rings. The molecule has 4 rings (SSSR count). The number of rotatable bonds is 3. The van der Waals surface area contributed by atoms with Gasteiger partial charge in [-0.3, -0.25) is 14.7 Å². The predicted molar refractivity (Wildman–Crippen MR) is 90.0 cm³/mol. The SMILES string of the molecule is O=c1[nH]c(C2=NCCCC2)nc2c1CN(Cc1nccs1)CC2. The number of hydrogen-bond donors (Lipinski definition) is 1. The minimum atomic E-state index is -0.0119. The number of nitrogens with one attached hydrogen (secondary N) is 1. The average molecular weight is 329 g/mol. The third kappa shape index (κ3) is 3.11. The second-order valence-electron chi connectivity index (χ2n) is 6.01. The van der Waals surface area contributed by atoms with Gasteiger partial charge in [-0.25, -0.2) is 9.97 Å². The molecule has 2 aliphatic heterocycles. The normalized spacial score (nSPS) is 18.5. The van der Waals surface area contributed by atoms with Crippen molar-refractivity contribution < 1.29 is 0 Å². The summed E-state index contributed by atoms with van der Waals surface area (Å²) in [4.78, 5) is 31.2. The number of H-pyrrole nitrogens is 1. The summed E-state index contributed by atoms with van der Waals surface area (Å²) in [6.07, 6.45) is 5.80. The summed E-state index contributed by atoms with van der Waals surface area (Å²) < 4.78 is 0. The van der Waals surface area contributed by atoms with E-state index in [0.717, 1.165) is 67.3 Å². The minimum absolute atomic E-state index is 0.0119. The van der Waals surface area contributed by atoms with E-state index in [1.165, 1.54) is 0 Å². The molecule has 0 atom stereocenters. The lowest BCUT2D eigenvalue weighted by atomic mass is 10.1. The van der Waals surface area contributed by atoms with E-state index in [9.17, 15) is 4.79 Å². The standard InChI is InChI=1S/C16H19N5OS/c22-16-11-9-21(10-14-18-6-8-23-14)7-4-12(11)19-15(20-16)13-3-1-2-5-17-13/h6,8H,1-5,7,9-10H2,(H,19,20,22). The molecule has 0 bridgehead atoms. The van der Waals surface area contributed by atoms with Crippen LogP contribution in [0.2, 0.25) is 0 Å².